The molecule has 0 saturated heterocycles. The number of rotatable bonds is 1. The number of hydrogen-bond donors (Lipinski definition) is 1. The fourth-order valence-electron chi connectivity index (χ4n) is 0.751. The average molecular weight is 259 g/mol. The monoisotopic (exact) mass is 260 g/mol. The van der Waals surface area contributed by atoms with Crippen LogP contribution in [0.15, 0.2) is 17.1 Å². The van der Waals surface area contributed by atoms with Crippen LogP contribution >= 0.6 is 0 Å². The Balaban J connectivity index is 3.16. The van der Waals surface area contributed by atoms with Crippen molar-refractivity contribution in [1.82, 2.24) is 9.97 Å². The first-order valence-electron chi connectivity index (χ1n) is 3.56. The molecule has 0 amide bonds. The van der Waals surface area contributed by atoms with Crippen LogP contribution in [0.2, 0.25) is 14.8 Å². The van der Waals surface area contributed by atoms with Gasteiger partial charge in [-0.15, -0.1) is 0 Å². The Morgan fingerprint density at radius 2 is 2.09 bits per heavy atom. The molecule has 11 heavy (non-hydrogen) atoms. The molecule has 1 aromatic rings. The van der Waals surface area contributed by atoms with E-state index in [4.69, 9.17) is 0 Å². The summed E-state index contributed by atoms with van der Waals surface area (Å²) in [5.74, 6) is 0. The molecule has 0 unspecified atom stereocenters. The normalized spacial score (nSPS) is 11.5. The summed E-state index contributed by atoms with van der Waals surface area (Å²) in [6, 6.07) is 1.45. The van der Waals surface area contributed by atoms with Gasteiger partial charge in [-0.2, -0.15) is 0 Å². The second kappa shape index (κ2) is 2.97. The number of aromatic nitrogens is 2. The van der Waals surface area contributed by atoms with E-state index >= 15 is 0 Å². The molecule has 0 spiro atoms. The second-order valence-electron chi connectivity index (χ2n) is 3.53. The van der Waals surface area contributed by atoms with E-state index < -0.39 is 18.4 Å². The fraction of sp³-hybridized carbons (Fsp3) is 0.429. The van der Waals surface area contributed by atoms with Crippen molar-refractivity contribution in [2.45, 2.75) is 14.8 Å². The Kier molecular flexibility index (Phi) is 2.36. The quantitative estimate of drug-likeness (QED) is 0.738. The molecule has 0 saturated carbocycles. The van der Waals surface area contributed by atoms with Crippen molar-refractivity contribution in [3.8, 4) is 0 Å². The minimum atomic E-state index is -2.12. The fourth-order valence-corrected chi connectivity index (χ4v) is 3.49. The minimum absolute atomic E-state index is 0.0402. The van der Waals surface area contributed by atoms with Gasteiger partial charge in [0.15, 0.2) is 0 Å². The van der Waals surface area contributed by atoms with Gasteiger partial charge in [0, 0.05) is 0 Å². The van der Waals surface area contributed by atoms with Gasteiger partial charge in [-0.3, -0.25) is 0 Å². The molecule has 4 heteroatoms. The van der Waals surface area contributed by atoms with Crippen LogP contribution in [0.25, 0.3) is 0 Å². The number of nitrogens with one attached hydrogen (secondary N) is 1. The van der Waals surface area contributed by atoms with Crippen molar-refractivity contribution in [2.24, 2.45) is 0 Å². The van der Waals surface area contributed by atoms with Gasteiger partial charge in [0.2, 0.25) is 0 Å². The standard InChI is InChI=1S/C4H3N2O.3CH3.Sn/c7-4-1-2-5-3-6-4;;;;/h1-2H,(H,5,6,7);3*1H3;. The van der Waals surface area contributed by atoms with Crippen LogP contribution in [0.5, 0.6) is 0 Å². The number of aromatic amines is 1. The van der Waals surface area contributed by atoms with Gasteiger partial charge in [-0.25, -0.2) is 0 Å². The van der Waals surface area contributed by atoms with E-state index in [2.05, 4.69) is 24.8 Å². The predicted molar refractivity (Wildman–Crippen MR) is 47.8 cm³/mol. The van der Waals surface area contributed by atoms with E-state index in [0.717, 1.165) is 3.84 Å². The summed E-state index contributed by atoms with van der Waals surface area (Å²) >= 11 is -2.12. The average Bonchev–Trinajstić information content (AvgIpc) is 1.86. The molecule has 60 valence electrons. The van der Waals surface area contributed by atoms with Gasteiger partial charge < -0.3 is 0 Å². The Bertz CT molecular complexity index is 300. The van der Waals surface area contributed by atoms with Crippen LogP contribution < -0.4 is 9.40 Å². The molecule has 1 N–H and O–H groups in total. The van der Waals surface area contributed by atoms with Crippen LogP contribution in [0.1, 0.15) is 0 Å². The second-order valence-corrected chi connectivity index (χ2v) is 17.7. The summed E-state index contributed by atoms with van der Waals surface area (Å²) in [5.41, 5.74) is -0.0402. The maximum absolute atomic E-state index is 10.9. The van der Waals surface area contributed by atoms with Crippen molar-refractivity contribution in [1.29, 1.82) is 0 Å². The molecule has 0 aliphatic heterocycles. The number of nitrogens with zero attached hydrogens (tertiary/aromatic N) is 1. The zero-order valence-corrected chi connectivity index (χ0v) is 9.86. The molecule has 0 fully saturated rings. The van der Waals surface area contributed by atoms with E-state index in [-0.39, 0.29) is 5.56 Å². The summed E-state index contributed by atoms with van der Waals surface area (Å²) in [5, 5.41) is 0. The predicted octanol–water partition coefficient (Wildman–Crippen LogP) is 0.315. The number of H-pyrrole nitrogens is 1. The molecule has 1 aromatic heterocycles. The summed E-state index contributed by atoms with van der Waals surface area (Å²) in [6.07, 6.45) is 1.58. The molecule has 0 aliphatic carbocycles. The van der Waals surface area contributed by atoms with E-state index in [1.807, 2.05) is 0 Å². The third-order valence-corrected chi connectivity index (χ3v) is 6.16. The molecular weight excluding hydrogens is 247 g/mol. The van der Waals surface area contributed by atoms with Crippen LogP contribution in [-0.4, -0.2) is 28.3 Å². The molecule has 1 heterocycles. The number of hydrogen-bond acceptors (Lipinski definition) is 2. The van der Waals surface area contributed by atoms with Crippen LogP contribution in [0, 0.1) is 0 Å². The Labute approximate surface area is 69.7 Å². The van der Waals surface area contributed by atoms with Crippen molar-refractivity contribution in [2.75, 3.05) is 0 Å². The van der Waals surface area contributed by atoms with E-state index in [1.165, 1.54) is 6.07 Å². The van der Waals surface area contributed by atoms with Crippen molar-refractivity contribution >= 4 is 22.2 Å². The van der Waals surface area contributed by atoms with Crippen LogP contribution in [0.4, 0.5) is 0 Å². The molecule has 0 aliphatic rings. The Morgan fingerprint density at radius 3 is 2.45 bits per heavy atom. The van der Waals surface area contributed by atoms with Gasteiger partial charge >= 0.3 is 69.6 Å². The first-order chi connectivity index (χ1) is 5.00. The third-order valence-electron chi connectivity index (χ3n) is 1.38. The Hall–Kier alpha value is -0.321. The molecule has 0 radical (unpaired) electrons. The molecule has 0 bridgehead atoms. The SMILES string of the molecule is [CH3][Sn]([CH3])([CH3])[c]1nccc(=O)[nH]1. The van der Waals surface area contributed by atoms with Gasteiger partial charge in [0.25, 0.3) is 0 Å². The Morgan fingerprint density at radius 1 is 1.45 bits per heavy atom. The van der Waals surface area contributed by atoms with E-state index in [9.17, 15) is 4.79 Å². The zero-order chi connectivity index (χ0) is 8.48. The van der Waals surface area contributed by atoms with E-state index in [0.29, 0.717) is 0 Å². The van der Waals surface area contributed by atoms with Gasteiger partial charge in [-0.1, -0.05) is 0 Å². The van der Waals surface area contributed by atoms with Gasteiger partial charge in [0.1, 0.15) is 0 Å². The van der Waals surface area contributed by atoms with Crippen molar-refractivity contribution < 1.29 is 0 Å². The molecule has 0 atom stereocenters. The third kappa shape index (κ3) is 2.32. The molecule has 1 rings (SSSR count). The van der Waals surface area contributed by atoms with Crippen LogP contribution in [0.3, 0.4) is 0 Å². The molecule has 0 aromatic carbocycles. The van der Waals surface area contributed by atoms with Gasteiger partial charge in [0.05, 0.1) is 0 Å². The van der Waals surface area contributed by atoms with E-state index in [1.54, 1.807) is 6.20 Å². The first-order valence-corrected chi connectivity index (χ1v) is 13.5. The summed E-state index contributed by atoms with van der Waals surface area (Å²) < 4.78 is 0.937. The summed E-state index contributed by atoms with van der Waals surface area (Å²) in [4.78, 5) is 24.4. The molecule has 3 nitrogen and oxygen atoms in total. The topological polar surface area (TPSA) is 45.8 Å². The molecular formula is C7H12N2OSn. The van der Waals surface area contributed by atoms with Gasteiger partial charge in [-0.05, 0) is 0 Å². The van der Waals surface area contributed by atoms with Crippen molar-refractivity contribution in [3.05, 3.63) is 22.6 Å². The van der Waals surface area contributed by atoms with Crippen LogP contribution in [-0.2, 0) is 0 Å². The maximum atomic E-state index is 10.9. The zero-order valence-electron chi connectivity index (χ0n) is 7.01. The van der Waals surface area contributed by atoms with Crippen molar-refractivity contribution in [3.63, 3.8) is 0 Å². The first kappa shape index (κ1) is 8.77. The summed E-state index contributed by atoms with van der Waals surface area (Å²) in [6.45, 7) is 0. The summed E-state index contributed by atoms with van der Waals surface area (Å²) in [7, 11) is 0.